The lowest BCUT2D eigenvalue weighted by Crippen LogP contribution is -2.40. The molecular weight excluding hydrogens is 237 g/mol. The van der Waals surface area contributed by atoms with Crippen molar-refractivity contribution in [1.82, 2.24) is 0 Å². The van der Waals surface area contributed by atoms with Gasteiger partial charge in [0.1, 0.15) is 0 Å². The van der Waals surface area contributed by atoms with Gasteiger partial charge in [-0.25, -0.2) is 4.39 Å². The molecule has 0 radical (unpaired) electrons. The van der Waals surface area contributed by atoms with E-state index < -0.39 is 17.2 Å². The largest absolute Gasteiger partial charge is 0.494 e. The van der Waals surface area contributed by atoms with Crippen LogP contribution < -0.4 is 10.5 Å². The van der Waals surface area contributed by atoms with Crippen LogP contribution in [-0.4, -0.2) is 24.7 Å². The molecule has 0 aliphatic rings. The summed E-state index contributed by atoms with van der Waals surface area (Å²) in [4.78, 5) is 11.3. The minimum absolute atomic E-state index is 0.0203. The number of carboxylic acid groups (broad SMARTS) is 1. The summed E-state index contributed by atoms with van der Waals surface area (Å²) >= 11 is 0. The molecule has 1 aromatic rings. The van der Waals surface area contributed by atoms with E-state index >= 15 is 0 Å². The van der Waals surface area contributed by atoms with Gasteiger partial charge in [0.25, 0.3) is 0 Å². The van der Waals surface area contributed by atoms with E-state index in [0.29, 0.717) is 12.0 Å². The number of ether oxygens (including phenoxy) is 1. The molecule has 0 spiro atoms. The molecule has 1 unspecified atom stereocenters. The average molecular weight is 255 g/mol. The number of hydrogen-bond donors (Lipinski definition) is 2. The van der Waals surface area contributed by atoms with Crippen molar-refractivity contribution in [2.24, 2.45) is 11.1 Å². The summed E-state index contributed by atoms with van der Waals surface area (Å²) in [7, 11) is 1.38. The van der Waals surface area contributed by atoms with Gasteiger partial charge in [-0.05, 0) is 30.5 Å². The van der Waals surface area contributed by atoms with Crippen molar-refractivity contribution in [1.29, 1.82) is 0 Å². The Morgan fingerprint density at radius 1 is 1.56 bits per heavy atom. The molecule has 0 fully saturated rings. The fourth-order valence-electron chi connectivity index (χ4n) is 1.87. The number of benzene rings is 1. The number of rotatable bonds is 6. The molecule has 0 heterocycles. The maximum Gasteiger partial charge on any atom is 0.311 e. The molecule has 0 aliphatic heterocycles. The Hall–Kier alpha value is -1.62. The number of carbonyl (C=O) groups is 1. The minimum atomic E-state index is -1.04. The number of hydrogen-bond acceptors (Lipinski definition) is 3. The van der Waals surface area contributed by atoms with E-state index in [2.05, 4.69) is 0 Å². The lowest BCUT2D eigenvalue weighted by atomic mass is 9.79. The van der Waals surface area contributed by atoms with Crippen molar-refractivity contribution in [3.8, 4) is 5.75 Å². The van der Waals surface area contributed by atoms with Gasteiger partial charge in [-0.1, -0.05) is 13.0 Å². The van der Waals surface area contributed by atoms with Crippen molar-refractivity contribution in [3.63, 3.8) is 0 Å². The van der Waals surface area contributed by atoms with E-state index in [1.165, 1.54) is 19.2 Å². The molecule has 5 heteroatoms. The molecule has 0 saturated heterocycles. The van der Waals surface area contributed by atoms with E-state index in [1.54, 1.807) is 13.0 Å². The summed E-state index contributed by atoms with van der Waals surface area (Å²) in [5.74, 6) is -1.31. The van der Waals surface area contributed by atoms with Gasteiger partial charge >= 0.3 is 5.97 Å². The van der Waals surface area contributed by atoms with Crippen LogP contribution in [0.5, 0.6) is 5.75 Å². The zero-order valence-corrected chi connectivity index (χ0v) is 10.6. The Bertz CT molecular complexity index is 430. The third kappa shape index (κ3) is 2.79. The highest BCUT2D eigenvalue weighted by Crippen LogP contribution is 2.28. The van der Waals surface area contributed by atoms with E-state index in [9.17, 15) is 14.3 Å². The topological polar surface area (TPSA) is 72.5 Å². The summed E-state index contributed by atoms with van der Waals surface area (Å²) in [6, 6.07) is 4.44. The fraction of sp³-hybridized carbons (Fsp3) is 0.462. The molecule has 0 saturated carbocycles. The zero-order valence-electron chi connectivity index (χ0n) is 10.6. The molecule has 0 aliphatic carbocycles. The second kappa shape index (κ2) is 5.82. The highest BCUT2D eigenvalue weighted by molar-refractivity contribution is 5.75. The van der Waals surface area contributed by atoms with Crippen LogP contribution in [-0.2, 0) is 11.2 Å². The predicted octanol–water partition coefficient (Wildman–Crippen LogP) is 1.82. The Morgan fingerprint density at radius 2 is 2.22 bits per heavy atom. The molecule has 0 bridgehead atoms. The number of carboxylic acids is 1. The summed E-state index contributed by atoms with van der Waals surface area (Å²) < 4.78 is 18.3. The van der Waals surface area contributed by atoms with Crippen LogP contribution in [0.1, 0.15) is 18.9 Å². The quantitative estimate of drug-likeness (QED) is 0.813. The first kappa shape index (κ1) is 14.4. The van der Waals surface area contributed by atoms with Crippen LogP contribution >= 0.6 is 0 Å². The summed E-state index contributed by atoms with van der Waals surface area (Å²) in [5, 5.41) is 9.26. The molecule has 0 aromatic heterocycles. The van der Waals surface area contributed by atoms with Crippen LogP contribution in [0.25, 0.3) is 0 Å². The molecule has 18 heavy (non-hydrogen) atoms. The Morgan fingerprint density at radius 3 is 2.61 bits per heavy atom. The number of aliphatic carboxylic acids is 1. The zero-order chi connectivity index (χ0) is 13.8. The molecule has 4 nitrogen and oxygen atoms in total. The normalized spacial score (nSPS) is 14.0. The molecule has 100 valence electrons. The van der Waals surface area contributed by atoms with Crippen molar-refractivity contribution < 1.29 is 19.0 Å². The fourth-order valence-corrected chi connectivity index (χ4v) is 1.87. The standard InChI is InChI=1S/C13H18FNO3/c1-3-13(8-15,12(16)17)7-9-4-5-11(18-2)10(14)6-9/h4-6H,3,7-8,15H2,1-2H3,(H,16,17). The SMILES string of the molecule is CCC(CN)(Cc1ccc(OC)c(F)c1)C(=O)O. The maximum atomic E-state index is 13.5. The van der Waals surface area contributed by atoms with Gasteiger partial charge in [-0.15, -0.1) is 0 Å². The maximum absolute atomic E-state index is 13.5. The summed E-state index contributed by atoms with van der Waals surface area (Å²) in [6.07, 6.45) is 0.600. The van der Waals surface area contributed by atoms with Crippen molar-refractivity contribution in [2.75, 3.05) is 13.7 Å². The van der Waals surface area contributed by atoms with Gasteiger partial charge in [0.05, 0.1) is 12.5 Å². The molecule has 3 N–H and O–H groups in total. The smallest absolute Gasteiger partial charge is 0.311 e. The predicted molar refractivity (Wildman–Crippen MR) is 66.1 cm³/mol. The minimum Gasteiger partial charge on any atom is -0.494 e. The molecular formula is C13H18FNO3. The lowest BCUT2D eigenvalue weighted by molar-refractivity contribution is -0.148. The van der Waals surface area contributed by atoms with Crippen molar-refractivity contribution in [3.05, 3.63) is 29.6 Å². The molecule has 1 rings (SSSR count). The highest BCUT2D eigenvalue weighted by atomic mass is 19.1. The Kier molecular flexibility index (Phi) is 4.67. The molecule has 0 amide bonds. The van der Waals surface area contributed by atoms with Gasteiger partial charge in [-0.3, -0.25) is 4.79 Å². The first-order valence-corrected chi connectivity index (χ1v) is 5.75. The van der Waals surface area contributed by atoms with Crippen LogP contribution in [0, 0.1) is 11.2 Å². The highest BCUT2D eigenvalue weighted by Gasteiger charge is 2.35. The van der Waals surface area contributed by atoms with Gasteiger partial charge < -0.3 is 15.6 Å². The Labute approximate surface area is 106 Å². The first-order chi connectivity index (χ1) is 8.49. The van der Waals surface area contributed by atoms with Crippen LogP contribution in [0.2, 0.25) is 0 Å². The second-order valence-electron chi connectivity index (χ2n) is 4.29. The summed E-state index contributed by atoms with van der Waals surface area (Å²) in [6.45, 7) is 1.79. The van der Waals surface area contributed by atoms with Gasteiger partial charge in [0.2, 0.25) is 0 Å². The lowest BCUT2D eigenvalue weighted by Gasteiger charge is -2.26. The van der Waals surface area contributed by atoms with Gasteiger partial charge in [-0.2, -0.15) is 0 Å². The monoisotopic (exact) mass is 255 g/mol. The van der Waals surface area contributed by atoms with Crippen LogP contribution in [0.15, 0.2) is 18.2 Å². The molecule has 1 aromatic carbocycles. The van der Waals surface area contributed by atoms with Crippen LogP contribution in [0.3, 0.4) is 0 Å². The van der Waals surface area contributed by atoms with E-state index in [0.717, 1.165) is 0 Å². The van der Waals surface area contributed by atoms with E-state index in [-0.39, 0.29) is 18.7 Å². The van der Waals surface area contributed by atoms with Gasteiger partial charge in [0.15, 0.2) is 11.6 Å². The second-order valence-corrected chi connectivity index (χ2v) is 4.29. The van der Waals surface area contributed by atoms with Crippen molar-refractivity contribution >= 4 is 5.97 Å². The third-order valence-electron chi connectivity index (χ3n) is 3.28. The summed E-state index contributed by atoms with van der Waals surface area (Å²) in [5.41, 5.74) is 5.12. The van der Waals surface area contributed by atoms with E-state index in [1.807, 2.05) is 0 Å². The van der Waals surface area contributed by atoms with Gasteiger partial charge in [0, 0.05) is 6.54 Å². The van der Waals surface area contributed by atoms with Crippen molar-refractivity contribution in [2.45, 2.75) is 19.8 Å². The Balaban J connectivity index is 3.02. The molecule has 1 atom stereocenters. The third-order valence-corrected chi connectivity index (χ3v) is 3.28. The number of halogens is 1. The first-order valence-electron chi connectivity index (χ1n) is 5.75. The number of nitrogens with two attached hydrogens (primary N) is 1. The number of methoxy groups -OCH3 is 1. The van der Waals surface area contributed by atoms with E-state index in [4.69, 9.17) is 10.5 Å². The van der Waals surface area contributed by atoms with Crippen LogP contribution in [0.4, 0.5) is 4.39 Å². The average Bonchev–Trinajstić information content (AvgIpc) is 2.36.